The zero-order chi connectivity index (χ0) is 11.1. The molecular formula is C12H26N2O. The van der Waals surface area contributed by atoms with Crippen molar-refractivity contribution < 1.29 is 4.74 Å². The summed E-state index contributed by atoms with van der Waals surface area (Å²) >= 11 is 0. The molecule has 0 aromatic heterocycles. The van der Waals surface area contributed by atoms with Crippen LogP contribution in [0.25, 0.3) is 0 Å². The third-order valence-corrected chi connectivity index (χ3v) is 3.21. The summed E-state index contributed by atoms with van der Waals surface area (Å²) in [5, 5.41) is 3.52. The maximum absolute atomic E-state index is 5.45. The van der Waals surface area contributed by atoms with E-state index in [0.29, 0.717) is 6.04 Å². The summed E-state index contributed by atoms with van der Waals surface area (Å²) in [6.45, 7) is 9.71. The van der Waals surface area contributed by atoms with Crippen molar-refractivity contribution in [2.45, 2.75) is 32.7 Å². The van der Waals surface area contributed by atoms with E-state index in [1.165, 1.54) is 12.8 Å². The fourth-order valence-electron chi connectivity index (χ4n) is 1.79. The lowest BCUT2D eigenvalue weighted by Gasteiger charge is -2.24. The van der Waals surface area contributed by atoms with Crippen LogP contribution in [0.4, 0.5) is 0 Å². The van der Waals surface area contributed by atoms with Gasteiger partial charge in [0.2, 0.25) is 0 Å². The number of nitrogens with one attached hydrogen (secondary N) is 1. The molecule has 0 saturated carbocycles. The Bertz CT molecular complexity index is 156. The van der Waals surface area contributed by atoms with Crippen LogP contribution in [0.5, 0.6) is 0 Å². The molecule has 0 aromatic rings. The minimum atomic E-state index is 0.643. The second-order valence-corrected chi connectivity index (χ2v) is 4.86. The summed E-state index contributed by atoms with van der Waals surface area (Å²) in [4.78, 5) is 2.37. The largest absolute Gasteiger partial charge is 0.381 e. The van der Waals surface area contributed by atoms with Crippen molar-refractivity contribution in [3.63, 3.8) is 0 Å². The van der Waals surface area contributed by atoms with Gasteiger partial charge in [-0.15, -0.1) is 0 Å². The number of likely N-dealkylation sites (N-methyl/N-ethyl adjacent to an activating group) is 1. The highest BCUT2D eigenvalue weighted by Gasteiger charge is 2.12. The third kappa shape index (κ3) is 5.50. The van der Waals surface area contributed by atoms with Gasteiger partial charge in [0.05, 0.1) is 6.61 Å². The van der Waals surface area contributed by atoms with Crippen LogP contribution in [0.3, 0.4) is 0 Å². The Morgan fingerprint density at radius 2 is 2.27 bits per heavy atom. The Kier molecular flexibility index (Phi) is 6.22. The molecule has 0 radical (unpaired) electrons. The topological polar surface area (TPSA) is 24.5 Å². The normalized spacial score (nSPS) is 22.6. The maximum Gasteiger partial charge on any atom is 0.0506 e. The van der Waals surface area contributed by atoms with Gasteiger partial charge in [-0.25, -0.2) is 0 Å². The lowest BCUT2D eigenvalue weighted by atomic mass is 10.0. The Labute approximate surface area is 94.2 Å². The highest BCUT2D eigenvalue weighted by molar-refractivity contribution is 4.66. The van der Waals surface area contributed by atoms with E-state index in [9.17, 15) is 0 Å². The minimum absolute atomic E-state index is 0.643. The third-order valence-electron chi connectivity index (χ3n) is 3.21. The van der Waals surface area contributed by atoms with Crippen molar-refractivity contribution in [3.8, 4) is 0 Å². The fourth-order valence-corrected chi connectivity index (χ4v) is 1.79. The van der Waals surface area contributed by atoms with E-state index in [4.69, 9.17) is 4.74 Å². The van der Waals surface area contributed by atoms with E-state index >= 15 is 0 Å². The molecule has 1 unspecified atom stereocenters. The summed E-state index contributed by atoms with van der Waals surface area (Å²) < 4.78 is 5.45. The van der Waals surface area contributed by atoms with Crippen LogP contribution in [0.2, 0.25) is 0 Å². The van der Waals surface area contributed by atoms with Crippen molar-refractivity contribution in [2.75, 3.05) is 39.9 Å². The number of nitrogens with zero attached hydrogens (tertiary/aromatic N) is 1. The van der Waals surface area contributed by atoms with Crippen LogP contribution in [0.1, 0.15) is 26.7 Å². The van der Waals surface area contributed by atoms with Crippen LogP contribution in [0.15, 0.2) is 0 Å². The molecule has 0 aliphatic carbocycles. The molecule has 0 aromatic carbocycles. The molecule has 1 N–H and O–H groups in total. The van der Waals surface area contributed by atoms with Crippen molar-refractivity contribution in [1.82, 2.24) is 10.2 Å². The molecule has 1 atom stereocenters. The second kappa shape index (κ2) is 7.20. The zero-order valence-electron chi connectivity index (χ0n) is 10.5. The summed E-state index contributed by atoms with van der Waals surface area (Å²) in [6, 6.07) is 0.643. The number of hydrogen-bond donors (Lipinski definition) is 1. The van der Waals surface area contributed by atoms with Gasteiger partial charge in [0.25, 0.3) is 0 Å². The first-order chi connectivity index (χ1) is 7.20. The highest BCUT2D eigenvalue weighted by atomic mass is 16.5. The molecule has 1 aliphatic rings. The van der Waals surface area contributed by atoms with Gasteiger partial charge < -0.3 is 15.0 Å². The van der Waals surface area contributed by atoms with Crippen LogP contribution >= 0.6 is 0 Å². The van der Waals surface area contributed by atoms with Gasteiger partial charge >= 0.3 is 0 Å². The van der Waals surface area contributed by atoms with Crippen LogP contribution in [-0.4, -0.2) is 50.8 Å². The van der Waals surface area contributed by atoms with E-state index in [-0.39, 0.29) is 0 Å². The molecule has 1 heterocycles. The van der Waals surface area contributed by atoms with Gasteiger partial charge in [0.1, 0.15) is 0 Å². The highest BCUT2D eigenvalue weighted by Crippen LogP contribution is 2.11. The average molecular weight is 214 g/mol. The van der Waals surface area contributed by atoms with Gasteiger partial charge in [-0.2, -0.15) is 0 Å². The Morgan fingerprint density at radius 3 is 2.87 bits per heavy atom. The molecule has 90 valence electrons. The first kappa shape index (κ1) is 12.9. The van der Waals surface area contributed by atoms with Crippen molar-refractivity contribution in [3.05, 3.63) is 0 Å². The molecule has 3 nitrogen and oxygen atoms in total. The first-order valence-corrected chi connectivity index (χ1v) is 6.19. The molecule has 1 saturated heterocycles. The molecule has 0 bridgehead atoms. The van der Waals surface area contributed by atoms with E-state index in [0.717, 1.165) is 38.8 Å². The van der Waals surface area contributed by atoms with E-state index in [2.05, 4.69) is 31.1 Å². The predicted molar refractivity (Wildman–Crippen MR) is 64.2 cm³/mol. The molecule has 0 spiro atoms. The Morgan fingerprint density at radius 1 is 1.47 bits per heavy atom. The van der Waals surface area contributed by atoms with Crippen LogP contribution in [0, 0.1) is 5.92 Å². The fraction of sp³-hybridized carbons (Fsp3) is 1.00. The summed E-state index contributed by atoms with van der Waals surface area (Å²) in [5.41, 5.74) is 0. The quantitative estimate of drug-likeness (QED) is 0.675. The second-order valence-electron chi connectivity index (χ2n) is 4.86. The van der Waals surface area contributed by atoms with Crippen LogP contribution in [-0.2, 0) is 4.74 Å². The SMILES string of the molecule is CC(C)N(C)CCNCC1CCCOC1. The molecule has 3 heteroatoms. The van der Waals surface area contributed by atoms with Gasteiger partial charge in [0, 0.05) is 32.3 Å². The van der Waals surface area contributed by atoms with Crippen molar-refractivity contribution in [1.29, 1.82) is 0 Å². The zero-order valence-corrected chi connectivity index (χ0v) is 10.5. The van der Waals surface area contributed by atoms with Gasteiger partial charge in [-0.3, -0.25) is 0 Å². The molecule has 1 fully saturated rings. The lowest BCUT2D eigenvalue weighted by molar-refractivity contribution is 0.0546. The summed E-state index contributed by atoms with van der Waals surface area (Å²) in [7, 11) is 2.18. The van der Waals surface area contributed by atoms with Crippen molar-refractivity contribution >= 4 is 0 Å². The summed E-state index contributed by atoms with van der Waals surface area (Å²) in [6.07, 6.45) is 2.56. The smallest absolute Gasteiger partial charge is 0.0506 e. The molecule has 15 heavy (non-hydrogen) atoms. The molecule has 0 amide bonds. The summed E-state index contributed by atoms with van der Waals surface area (Å²) in [5.74, 6) is 0.739. The first-order valence-electron chi connectivity index (χ1n) is 6.19. The van der Waals surface area contributed by atoms with Gasteiger partial charge in [0.15, 0.2) is 0 Å². The maximum atomic E-state index is 5.45. The van der Waals surface area contributed by atoms with E-state index in [1.54, 1.807) is 0 Å². The number of hydrogen-bond acceptors (Lipinski definition) is 3. The predicted octanol–water partition coefficient (Wildman–Crippen LogP) is 1.34. The lowest BCUT2D eigenvalue weighted by Crippen LogP contribution is -2.36. The molecular weight excluding hydrogens is 188 g/mol. The van der Waals surface area contributed by atoms with Gasteiger partial charge in [-0.1, -0.05) is 0 Å². The Hall–Kier alpha value is -0.120. The van der Waals surface area contributed by atoms with E-state index < -0.39 is 0 Å². The molecule has 1 rings (SSSR count). The van der Waals surface area contributed by atoms with E-state index in [1.807, 2.05) is 0 Å². The number of ether oxygens (including phenoxy) is 1. The monoisotopic (exact) mass is 214 g/mol. The minimum Gasteiger partial charge on any atom is -0.381 e. The average Bonchev–Trinajstić information content (AvgIpc) is 2.25. The van der Waals surface area contributed by atoms with Crippen LogP contribution < -0.4 is 5.32 Å². The standard InChI is InChI=1S/C12H26N2O/c1-11(2)14(3)7-6-13-9-12-5-4-8-15-10-12/h11-13H,4-10H2,1-3H3. The molecule has 1 aliphatic heterocycles. The Balaban J connectivity index is 1.96. The number of rotatable bonds is 6. The van der Waals surface area contributed by atoms with Gasteiger partial charge in [-0.05, 0) is 39.7 Å². The van der Waals surface area contributed by atoms with Crippen molar-refractivity contribution in [2.24, 2.45) is 5.92 Å².